The Bertz CT molecular complexity index is 646. The summed E-state index contributed by atoms with van der Waals surface area (Å²) >= 11 is 0. The number of anilines is 1. The lowest BCUT2D eigenvalue weighted by molar-refractivity contribution is 0.432. The molecule has 3 rings (SSSR count). The number of benzene rings is 1. The molecular weight excluding hydrogens is 228 g/mol. The van der Waals surface area contributed by atoms with Gasteiger partial charge in [-0.1, -0.05) is 5.16 Å². The molecule has 2 N–H and O–H groups in total. The maximum atomic E-state index is 5.63. The third kappa shape index (κ3) is 1.93. The molecular formula is C13H10N4O. The Morgan fingerprint density at radius 1 is 1.00 bits per heavy atom. The molecule has 0 spiro atoms. The van der Waals surface area contributed by atoms with Crippen LogP contribution in [0.3, 0.4) is 0 Å². The number of nitrogens with zero attached hydrogens (tertiary/aromatic N) is 3. The number of nitrogen functional groups attached to an aromatic ring is 1. The first-order valence-electron chi connectivity index (χ1n) is 5.43. The van der Waals surface area contributed by atoms with E-state index < -0.39 is 0 Å². The molecule has 0 saturated carbocycles. The third-order valence-electron chi connectivity index (χ3n) is 2.50. The zero-order valence-electron chi connectivity index (χ0n) is 9.45. The van der Waals surface area contributed by atoms with Crippen LogP contribution in [0.15, 0.2) is 53.3 Å². The van der Waals surface area contributed by atoms with Gasteiger partial charge >= 0.3 is 0 Å². The van der Waals surface area contributed by atoms with Crippen molar-refractivity contribution >= 4 is 5.69 Å². The van der Waals surface area contributed by atoms with E-state index in [1.165, 1.54) is 0 Å². The average Bonchev–Trinajstić information content (AvgIpc) is 2.90. The second-order valence-corrected chi connectivity index (χ2v) is 3.79. The van der Waals surface area contributed by atoms with Gasteiger partial charge in [-0.15, -0.1) is 0 Å². The van der Waals surface area contributed by atoms with Crippen molar-refractivity contribution in [1.29, 1.82) is 0 Å². The second-order valence-electron chi connectivity index (χ2n) is 3.79. The van der Waals surface area contributed by atoms with Crippen LogP contribution in [0.5, 0.6) is 0 Å². The van der Waals surface area contributed by atoms with E-state index in [0.717, 1.165) is 11.1 Å². The van der Waals surface area contributed by atoms with Crippen LogP contribution in [0.1, 0.15) is 0 Å². The predicted molar refractivity (Wildman–Crippen MR) is 67.4 cm³/mol. The minimum absolute atomic E-state index is 0.467. The van der Waals surface area contributed by atoms with E-state index in [2.05, 4.69) is 15.1 Å². The molecule has 88 valence electrons. The highest BCUT2D eigenvalue weighted by Gasteiger charge is 2.10. The summed E-state index contributed by atoms with van der Waals surface area (Å²) < 4.78 is 5.22. The molecule has 5 nitrogen and oxygen atoms in total. The Labute approximate surface area is 103 Å². The third-order valence-corrected chi connectivity index (χ3v) is 2.50. The number of aromatic nitrogens is 3. The molecule has 2 aromatic heterocycles. The highest BCUT2D eigenvalue weighted by atomic mass is 16.5. The zero-order chi connectivity index (χ0) is 12.4. The van der Waals surface area contributed by atoms with Crippen LogP contribution in [-0.2, 0) is 0 Å². The first-order valence-corrected chi connectivity index (χ1v) is 5.43. The molecule has 5 heteroatoms. The maximum absolute atomic E-state index is 5.63. The molecule has 0 radical (unpaired) electrons. The Kier molecular flexibility index (Phi) is 2.49. The Balaban J connectivity index is 1.97. The molecule has 1 aromatic carbocycles. The summed E-state index contributed by atoms with van der Waals surface area (Å²) in [6.45, 7) is 0. The number of hydrogen-bond donors (Lipinski definition) is 1. The van der Waals surface area contributed by atoms with Gasteiger partial charge in [0.15, 0.2) is 0 Å². The van der Waals surface area contributed by atoms with Crippen molar-refractivity contribution in [2.45, 2.75) is 0 Å². The van der Waals surface area contributed by atoms with Crippen LogP contribution in [0, 0.1) is 0 Å². The summed E-state index contributed by atoms with van der Waals surface area (Å²) in [5, 5.41) is 3.93. The minimum Gasteiger partial charge on any atom is -0.399 e. The van der Waals surface area contributed by atoms with E-state index in [0.29, 0.717) is 17.4 Å². The van der Waals surface area contributed by atoms with Gasteiger partial charge in [0.1, 0.15) is 0 Å². The second kappa shape index (κ2) is 4.29. The lowest BCUT2D eigenvalue weighted by Gasteiger charge is -1.94. The van der Waals surface area contributed by atoms with E-state index >= 15 is 0 Å². The van der Waals surface area contributed by atoms with Crippen LogP contribution in [0.25, 0.3) is 22.8 Å². The highest BCUT2D eigenvalue weighted by Crippen LogP contribution is 2.22. The summed E-state index contributed by atoms with van der Waals surface area (Å²) in [5.41, 5.74) is 7.99. The van der Waals surface area contributed by atoms with E-state index in [-0.39, 0.29) is 0 Å². The van der Waals surface area contributed by atoms with Crippen LogP contribution in [0.4, 0.5) is 5.69 Å². The normalized spacial score (nSPS) is 10.4. The summed E-state index contributed by atoms with van der Waals surface area (Å²) in [7, 11) is 0. The standard InChI is InChI=1S/C13H10N4O/c14-11-5-3-9(4-6-11)13-16-12(17-18-13)10-2-1-7-15-8-10/h1-8H,14H2. The van der Waals surface area contributed by atoms with Crippen molar-refractivity contribution in [3.05, 3.63) is 48.8 Å². The van der Waals surface area contributed by atoms with Crippen molar-refractivity contribution < 1.29 is 4.52 Å². The van der Waals surface area contributed by atoms with E-state index in [1.807, 2.05) is 24.3 Å². The number of rotatable bonds is 2. The average molecular weight is 238 g/mol. The summed E-state index contributed by atoms with van der Waals surface area (Å²) in [6, 6.07) is 11.0. The zero-order valence-corrected chi connectivity index (χ0v) is 9.45. The molecule has 18 heavy (non-hydrogen) atoms. The van der Waals surface area contributed by atoms with Crippen molar-refractivity contribution in [1.82, 2.24) is 15.1 Å². The highest BCUT2D eigenvalue weighted by molar-refractivity contribution is 5.60. The fraction of sp³-hybridized carbons (Fsp3) is 0. The summed E-state index contributed by atoms with van der Waals surface area (Å²) in [5.74, 6) is 0.990. The van der Waals surface area contributed by atoms with E-state index in [9.17, 15) is 0 Å². The van der Waals surface area contributed by atoms with Gasteiger partial charge in [-0.25, -0.2) is 0 Å². The lowest BCUT2D eigenvalue weighted by atomic mass is 10.2. The van der Waals surface area contributed by atoms with Crippen molar-refractivity contribution in [3.63, 3.8) is 0 Å². The minimum atomic E-state index is 0.467. The van der Waals surface area contributed by atoms with Gasteiger partial charge in [0, 0.05) is 29.2 Å². The topological polar surface area (TPSA) is 77.8 Å². The Morgan fingerprint density at radius 3 is 2.56 bits per heavy atom. The van der Waals surface area contributed by atoms with Gasteiger partial charge in [0.2, 0.25) is 5.82 Å². The van der Waals surface area contributed by atoms with Crippen LogP contribution >= 0.6 is 0 Å². The maximum Gasteiger partial charge on any atom is 0.258 e. The summed E-state index contributed by atoms with van der Waals surface area (Å²) in [6.07, 6.45) is 3.39. The van der Waals surface area contributed by atoms with Gasteiger partial charge in [-0.2, -0.15) is 4.98 Å². The van der Waals surface area contributed by atoms with Gasteiger partial charge in [0.25, 0.3) is 5.89 Å². The molecule has 2 heterocycles. The molecule has 0 saturated heterocycles. The van der Waals surface area contributed by atoms with Crippen molar-refractivity contribution in [2.24, 2.45) is 0 Å². The molecule has 0 atom stereocenters. The van der Waals surface area contributed by atoms with Gasteiger partial charge in [0.05, 0.1) is 0 Å². The van der Waals surface area contributed by atoms with Crippen molar-refractivity contribution in [3.8, 4) is 22.8 Å². The lowest BCUT2D eigenvalue weighted by Crippen LogP contribution is -1.84. The number of nitrogens with two attached hydrogens (primary N) is 1. The molecule has 0 bridgehead atoms. The van der Waals surface area contributed by atoms with E-state index in [1.54, 1.807) is 24.5 Å². The fourth-order valence-electron chi connectivity index (χ4n) is 1.58. The largest absolute Gasteiger partial charge is 0.399 e. The number of pyridine rings is 1. The van der Waals surface area contributed by atoms with Gasteiger partial charge in [-0.3, -0.25) is 4.98 Å². The molecule has 0 aliphatic carbocycles. The quantitative estimate of drug-likeness (QED) is 0.693. The number of hydrogen-bond acceptors (Lipinski definition) is 5. The van der Waals surface area contributed by atoms with E-state index in [4.69, 9.17) is 10.3 Å². The monoisotopic (exact) mass is 238 g/mol. The van der Waals surface area contributed by atoms with Crippen molar-refractivity contribution in [2.75, 3.05) is 5.73 Å². The first-order chi connectivity index (χ1) is 8.83. The Hall–Kier alpha value is -2.69. The smallest absolute Gasteiger partial charge is 0.258 e. The fourth-order valence-corrected chi connectivity index (χ4v) is 1.58. The molecule has 0 amide bonds. The SMILES string of the molecule is Nc1ccc(-c2nc(-c3cccnc3)no2)cc1. The molecule has 0 aliphatic heterocycles. The van der Waals surface area contributed by atoms with Crippen LogP contribution < -0.4 is 5.73 Å². The Morgan fingerprint density at radius 2 is 1.83 bits per heavy atom. The van der Waals surface area contributed by atoms with Crippen LogP contribution in [-0.4, -0.2) is 15.1 Å². The molecule has 3 aromatic rings. The molecule has 0 unspecified atom stereocenters. The molecule has 0 aliphatic rings. The molecule has 0 fully saturated rings. The van der Waals surface area contributed by atoms with Crippen LogP contribution in [0.2, 0.25) is 0 Å². The summed E-state index contributed by atoms with van der Waals surface area (Å²) in [4.78, 5) is 8.34. The van der Waals surface area contributed by atoms with Gasteiger partial charge < -0.3 is 10.3 Å². The van der Waals surface area contributed by atoms with Gasteiger partial charge in [-0.05, 0) is 36.4 Å². The predicted octanol–water partition coefficient (Wildman–Crippen LogP) is 2.38. The first kappa shape index (κ1) is 10.5.